The van der Waals surface area contributed by atoms with Crippen LogP contribution in [0.3, 0.4) is 0 Å². The third-order valence-electron chi connectivity index (χ3n) is 3.21. The van der Waals surface area contributed by atoms with Crippen LogP contribution in [0.2, 0.25) is 0 Å². The molecular formula is C13H15NO4. The van der Waals surface area contributed by atoms with Gasteiger partial charge in [-0.2, -0.15) is 0 Å². The lowest BCUT2D eigenvalue weighted by atomic mass is 10.1. The predicted molar refractivity (Wildman–Crippen MR) is 64.1 cm³/mol. The second kappa shape index (κ2) is 4.68. The van der Waals surface area contributed by atoms with Crippen LogP contribution >= 0.6 is 0 Å². The molecule has 2 rings (SSSR count). The summed E-state index contributed by atoms with van der Waals surface area (Å²) in [6.45, 7) is 0.181. The van der Waals surface area contributed by atoms with E-state index in [1.165, 1.54) is 12.1 Å². The fourth-order valence-electron chi connectivity index (χ4n) is 1.80. The lowest BCUT2D eigenvalue weighted by Crippen LogP contribution is -2.35. The molecule has 96 valence electrons. The van der Waals surface area contributed by atoms with Crippen molar-refractivity contribution in [2.45, 2.75) is 19.3 Å². The van der Waals surface area contributed by atoms with Gasteiger partial charge in [-0.25, -0.2) is 0 Å². The number of phenols is 1. The zero-order chi connectivity index (χ0) is 13.2. The molecule has 0 saturated heterocycles. The summed E-state index contributed by atoms with van der Waals surface area (Å²) in [5.41, 5.74) is -0.0400. The number of phenolic OH excluding ortho intramolecular Hbond substituents is 1. The van der Waals surface area contributed by atoms with Gasteiger partial charge in [-0.15, -0.1) is 0 Å². The first-order chi connectivity index (χ1) is 8.52. The van der Waals surface area contributed by atoms with Crippen molar-refractivity contribution in [1.29, 1.82) is 0 Å². The van der Waals surface area contributed by atoms with Crippen LogP contribution < -0.4 is 5.32 Å². The Kier molecular flexibility index (Phi) is 3.23. The number of nitrogens with one attached hydrogen (secondary N) is 1. The molecule has 0 heterocycles. The first-order valence-corrected chi connectivity index (χ1v) is 5.80. The quantitative estimate of drug-likeness (QED) is 0.724. The van der Waals surface area contributed by atoms with Crippen molar-refractivity contribution >= 4 is 11.9 Å². The van der Waals surface area contributed by atoms with Crippen LogP contribution in [0, 0.1) is 5.41 Å². The summed E-state index contributed by atoms with van der Waals surface area (Å²) in [5, 5.41) is 20.9. The number of hydrogen-bond donors (Lipinski definition) is 3. The summed E-state index contributed by atoms with van der Waals surface area (Å²) in [7, 11) is 0. The minimum Gasteiger partial charge on any atom is -0.508 e. The van der Waals surface area contributed by atoms with Gasteiger partial charge in [0.25, 0.3) is 0 Å². The summed E-state index contributed by atoms with van der Waals surface area (Å²) in [6, 6.07) is 6.45. The molecule has 1 fully saturated rings. The van der Waals surface area contributed by atoms with E-state index in [9.17, 15) is 14.7 Å². The molecule has 0 spiro atoms. The van der Waals surface area contributed by atoms with E-state index in [0.717, 1.165) is 0 Å². The van der Waals surface area contributed by atoms with Crippen molar-refractivity contribution in [2.24, 2.45) is 5.41 Å². The Bertz CT molecular complexity index is 480. The molecule has 5 heteroatoms. The Morgan fingerprint density at radius 2 is 2.06 bits per heavy atom. The number of benzene rings is 1. The monoisotopic (exact) mass is 249 g/mol. The average molecular weight is 249 g/mol. The normalized spacial score (nSPS) is 16.0. The molecule has 1 aliphatic rings. The summed E-state index contributed by atoms with van der Waals surface area (Å²) in [6.07, 6.45) is 1.38. The number of aromatic hydroxyl groups is 1. The summed E-state index contributed by atoms with van der Waals surface area (Å²) in [4.78, 5) is 22.5. The maximum absolute atomic E-state index is 11.6. The highest BCUT2D eigenvalue weighted by molar-refractivity contribution is 5.82. The van der Waals surface area contributed by atoms with Crippen LogP contribution in [-0.4, -0.2) is 28.6 Å². The predicted octanol–water partition coefficient (Wildman–Crippen LogP) is 0.916. The topological polar surface area (TPSA) is 86.6 Å². The highest BCUT2D eigenvalue weighted by Crippen LogP contribution is 2.45. The van der Waals surface area contributed by atoms with Gasteiger partial charge in [0.2, 0.25) is 5.91 Å². The smallest absolute Gasteiger partial charge is 0.311 e. The molecule has 5 nitrogen and oxygen atoms in total. The number of carbonyl (C=O) groups excluding carboxylic acids is 1. The van der Waals surface area contributed by atoms with E-state index >= 15 is 0 Å². The van der Waals surface area contributed by atoms with Gasteiger partial charge in [0.1, 0.15) is 5.75 Å². The molecule has 3 N–H and O–H groups in total. The Morgan fingerprint density at radius 3 is 2.61 bits per heavy atom. The van der Waals surface area contributed by atoms with E-state index in [-0.39, 0.29) is 24.6 Å². The highest BCUT2D eigenvalue weighted by atomic mass is 16.4. The molecule has 1 aromatic rings. The van der Waals surface area contributed by atoms with Gasteiger partial charge in [-0.1, -0.05) is 12.1 Å². The zero-order valence-corrected chi connectivity index (χ0v) is 9.85. The van der Waals surface area contributed by atoms with Crippen molar-refractivity contribution in [1.82, 2.24) is 5.32 Å². The first-order valence-electron chi connectivity index (χ1n) is 5.80. The van der Waals surface area contributed by atoms with Crippen molar-refractivity contribution in [3.63, 3.8) is 0 Å². The molecule has 0 atom stereocenters. The van der Waals surface area contributed by atoms with E-state index in [4.69, 9.17) is 5.11 Å². The number of carboxylic acid groups (broad SMARTS) is 1. The van der Waals surface area contributed by atoms with E-state index < -0.39 is 11.4 Å². The molecule has 1 aromatic carbocycles. The Balaban J connectivity index is 1.84. The number of carbonyl (C=O) groups is 2. The summed E-state index contributed by atoms with van der Waals surface area (Å²) in [5.74, 6) is -0.960. The van der Waals surface area contributed by atoms with E-state index in [1.807, 2.05) is 0 Å². The number of carboxylic acids is 1. The molecule has 18 heavy (non-hydrogen) atoms. The first kappa shape index (κ1) is 12.4. The van der Waals surface area contributed by atoms with E-state index in [1.54, 1.807) is 12.1 Å². The molecule has 0 radical (unpaired) electrons. The van der Waals surface area contributed by atoms with Crippen LogP contribution in [0.25, 0.3) is 0 Å². The number of hydrogen-bond acceptors (Lipinski definition) is 3. The molecule has 0 unspecified atom stereocenters. The average Bonchev–Trinajstić information content (AvgIpc) is 3.07. The lowest BCUT2D eigenvalue weighted by Gasteiger charge is -2.11. The number of amides is 1. The molecule has 1 amide bonds. The SMILES string of the molecule is O=C(Cc1cccc(O)c1)NCC1(C(=O)O)CC1. The van der Waals surface area contributed by atoms with Crippen LogP contribution in [-0.2, 0) is 16.0 Å². The molecule has 0 bridgehead atoms. The van der Waals surface area contributed by atoms with Crippen LogP contribution in [0.1, 0.15) is 18.4 Å². The van der Waals surface area contributed by atoms with Gasteiger partial charge in [0.15, 0.2) is 0 Å². The van der Waals surface area contributed by atoms with Gasteiger partial charge in [0.05, 0.1) is 11.8 Å². The van der Waals surface area contributed by atoms with Gasteiger partial charge in [0, 0.05) is 6.54 Å². The lowest BCUT2D eigenvalue weighted by molar-refractivity contribution is -0.143. The largest absolute Gasteiger partial charge is 0.508 e. The third-order valence-corrected chi connectivity index (χ3v) is 3.21. The number of aliphatic carboxylic acids is 1. The summed E-state index contributed by atoms with van der Waals surface area (Å²) >= 11 is 0. The molecular weight excluding hydrogens is 234 g/mol. The minimum atomic E-state index is -0.847. The van der Waals surface area contributed by atoms with Crippen LogP contribution in [0.5, 0.6) is 5.75 Å². The Hall–Kier alpha value is -2.04. The van der Waals surface area contributed by atoms with E-state index in [0.29, 0.717) is 18.4 Å². The standard InChI is InChI=1S/C13H15NO4/c15-10-3-1-2-9(6-10)7-11(16)14-8-13(4-5-13)12(17)18/h1-3,6,15H,4-5,7-8H2,(H,14,16)(H,17,18). The zero-order valence-electron chi connectivity index (χ0n) is 9.85. The number of rotatable bonds is 5. The summed E-state index contributed by atoms with van der Waals surface area (Å²) < 4.78 is 0. The second-order valence-electron chi connectivity index (χ2n) is 4.71. The minimum absolute atomic E-state index is 0.115. The van der Waals surface area contributed by atoms with Gasteiger partial charge in [-0.05, 0) is 30.5 Å². The van der Waals surface area contributed by atoms with Crippen LogP contribution in [0.15, 0.2) is 24.3 Å². The van der Waals surface area contributed by atoms with E-state index in [2.05, 4.69) is 5.32 Å². The molecule has 1 aliphatic carbocycles. The van der Waals surface area contributed by atoms with Crippen molar-refractivity contribution in [2.75, 3.05) is 6.54 Å². The van der Waals surface area contributed by atoms with Crippen molar-refractivity contribution in [3.05, 3.63) is 29.8 Å². The highest BCUT2D eigenvalue weighted by Gasteiger charge is 2.50. The van der Waals surface area contributed by atoms with Crippen LogP contribution in [0.4, 0.5) is 0 Å². The maximum atomic E-state index is 11.6. The molecule has 0 aliphatic heterocycles. The fraction of sp³-hybridized carbons (Fsp3) is 0.385. The Morgan fingerprint density at radius 1 is 1.33 bits per heavy atom. The maximum Gasteiger partial charge on any atom is 0.311 e. The van der Waals surface area contributed by atoms with Gasteiger partial charge in [-0.3, -0.25) is 9.59 Å². The Labute approximate surface area is 104 Å². The second-order valence-corrected chi connectivity index (χ2v) is 4.71. The molecule has 1 saturated carbocycles. The third kappa shape index (κ3) is 2.80. The molecule has 0 aromatic heterocycles. The van der Waals surface area contributed by atoms with Crippen molar-refractivity contribution < 1.29 is 19.8 Å². The van der Waals surface area contributed by atoms with Crippen molar-refractivity contribution in [3.8, 4) is 5.75 Å². The fourth-order valence-corrected chi connectivity index (χ4v) is 1.80. The van der Waals surface area contributed by atoms with Gasteiger partial charge < -0.3 is 15.5 Å². The van der Waals surface area contributed by atoms with Gasteiger partial charge >= 0.3 is 5.97 Å².